The summed E-state index contributed by atoms with van der Waals surface area (Å²) in [6.45, 7) is 3.48. The highest BCUT2D eigenvalue weighted by Gasteiger charge is 2.45. The molecule has 130 valence electrons. The fraction of sp³-hybridized carbons (Fsp3) is 0.500. The molecule has 1 atom stereocenters. The number of esters is 1. The van der Waals surface area contributed by atoms with E-state index in [1.165, 1.54) is 16.4 Å². The second kappa shape index (κ2) is 6.32. The number of terminal acetylenes is 1. The van der Waals surface area contributed by atoms with Gasteiger partial charge in [-0.1, -0.05) is 5.92 Å². The molecule has 0 aliphatic carbocycles. The summed E-state index contributed by atoms with van der Waals surface area (Å²) in [6, 6.07) is 1.45. The van der Waals surface area contributed by atoms with Gasteiger partial charge in [-0.3, -0.25) is 9.36 Å². The Bertz CT molecular complexity index is 818. The molecule has 8 heteroatoms. The molecule has 1 unspecified atom stereocenters. The Balaban J connectivity index is 2.14. The van der Waals surface area contributed by atoms with Gasteiger partial charge in [0.2, 0.25) is 0 Å². The molecule has 1 aliphatic rings. The van der Waals surface area contributed by atoms with Crippen LogP contribution in [0.15, 0.2) is 12.3 Å². The standard InChI is InChI=1S/C16H20N2O5S/c1-5-12-9-13-11-17(15(20)18(13)10-12)8-7-16(3,24(4,21)22)14(19)23-6-2/h1,9-10H,6-8,11H2,2-4H3. The van der Waals surface area contributed by atoms with Crippen LogP contribution in [-0.4, -0.2) is 54.0 Å². The maximum atomic E-state index is 12.3. The van der Waals surface area contributed by atoms with E-state index in [2.05, 4.69) is 5.92 Å². The highest BCUT2D eigenvalue weighted by atomic mass is 32.2. The molecule has 2 rings (SSSR count). The van der Waals surface area contributed by atoms with Crippen molar-refractivity contribution >= 4 is 21.8 Å². The first kappa shape index (κ1) is 18.1. The summed E-state index contributed by atoms with van der Waals surface area (Å²) in [5.41, 5.74) is 1.36. The Kier molecular flexibility index (Phi) is 4.76. The zero-order chi connectivity index (χ0) is 18.1. The Morgan fingerprint density at radius 2 is 2.17 bits per heavy atom. The Labute approximate surface area is 141 Å². The molecule has 7 nitrogen and oxygen atoms in total. The number of nitrogens with zero attached hydrogens (tertiary/aromatic N) is 2. The lowest BCUT2D eigenvalue weighted by molar-refractivity contribution is -0.146. The van der Waals surface area contributed by atoms with Gasteiger partial charge in [-0.2, -0.15) is 0 Å². The first-order chi connectivity index (χ1) is 11.1. The summed E-state index contributed by atoms with van der Waals surface area (Å²) in [6.07, 6.45) is 7.84. The predicted molar refractivity (Wildman–Crippen MR) is 88.1 cm³/mol. The van der Waals surface area contributed by atoms with Gasteiger partial charge < -0.3 is 9.64 Å². The summed E-state index contributed by atoms with van der Waals surface area (Å²) in [4.78, 5) is 25.9. The van der Waals surface area contributed by atoms with E-state index < -0.39 is 20.6 Å². The number of sulfone groups is 1. The van der Waals surface area contributed by atoms with Crippen LogP contribution in [0.4, 0.5) is 4.79 Å². The van der Waals surface area contributed by atoms with Gasteiger partial charge in [0, 0.05) is 30.3 Å². The van der Waals surface area contributed by atoms with Crippen molar-refractivity contribution in [2.45, 2.75) is 31.6 Å². The number of hydrogen-bond donors (Lipinski definition) is 0. The second-order valence-electron chi connectivity index (χ2n) is 5.91. The number of aromatic nitrogens is 1. The zero-order valence-electron chi connectivity index (χ0n) is 13.9. The molecular formula is C16H20N2O5S. The lowest BCUT2D eigenvalue weighted by Gasteiger charge is -2.27. The van der Waals surface area contributed by atoms with Crippen molar-refractivity contribution in [3.8, 4) is 12.3 Å². The smallest absolute Gasteiger partial charge is 0.328 e. The van der Waals surface area contributed by atoms with Gasteiger partial charge in [0.1, 0.15) is 0 Å². The van der Waals surface area contributed by atoms with Crippen LogP contribution in [0.5, 0.6) is 0 Å². The van der Waals surface area contributed by atoms with E-state index in [0.29, 0.717) is 12.1 Å². The van der Waals surface area contributed by atoms with Gasteiger partial charge in [0.05, 0.1) is 13.2 Å². The lowest BCUT2D eigenvalue weighted by Crippen LogP contribution is -2.47. The van der Waals surface area contributed by atoms with Crippen LogP contribution in [0.2, 0.25) is 0 Å². The van der Waals surface area contributed by atoms with E-state index >= 15 is 0 Å². The molecule has 0 fully saturated rings. The van der Waals surface area contributed by atoms with Gasteiger partial charge >= 0.3 is 12.0 Å². The van der Waals surface area contributed by atoms with E-state index in [0.717, 1.165) is 11.9 Å². The zero-order valence-corrected chi connectivity index (χ0v) is 14.7. The number of fused-ring (bicyclic) bond motifs is 1. The second-order valence-corrected chi connectivity index (χ2v) is 8.36. The third kappa shape index (κ3) is 3.04. The molecule has 0 aromatic carbocycles. The number of amides is 1. The van der Waals surface area contributed by atoms with Gasteiger partial charge in [-0.05, 0) is 26.3 Å². The van der Waals surface area contributed by atoms with Crippen LogP contribution in [-0.2, 0) is 25.9 Å². The van der Waals surface area contributed by atoms with Crippen molar-refractivity contribution in [1.82, 2.24) is 9.47 Å². The molecule has 24 heavy (non-hydrogen) atoms. The molecule has 0 N–H and O–H groups in total. The molecule has 1 aromatic rings. The van der Waals surface area contributed by atoms with Crippen LogP contribution in [0, 0.1) is 12.3 Å². The van der Waals surface area contributed by atoms with Crippen LogP contribution in [0.25, 0.3) is 0 Å². The van der Waals surface area contributed by atoms with Crippen molar-refractivity contribution in [2.24, 2.45) is 0 Å². The molecular weight excluding hydrogens is 332 g/mol. The van der Waals surface area contributed by atoms with Gasteiger partial charge in [-0.25, -0.2) is 13.2 Å². The molecule has 1 aliphatic heterocycles. The fourth-order valence-corrected chi connectivity index (χ4v) is 3.37. The highest BCUT2D eigenvalue weighted by Crippen LogP contribution is 2.26. The maximum Gasteiger partial charge on any atom is 0.328 e. The quantitative estimate of drug-likeness (QED) is 0.563. The largest absolute Gasteiger partial charge is 0.465 e. The Hall–Kier alpha value is -2.27. The third-order valence-electron chi connectivity index (χ3n) is 4.28. The van der Waals surface area contributed by atoms with Crippen molar-refractivity contribution in [2.75, 3.05) is 19.4 Å². The molecule has 1 aromatic heterocycles. The predicted octanol–water partition coefficient (Wildman–Crippen LogP) is 1.01. The van der Waals surface area contributed by atoms with Crippen LogP contribution in [0.1, 0.15) is 31.5 Å². The minimum atomic E-state index is -3.71. The summed E-state index contributed by atoms with van der Waals surface area (Å²) >= 11 is 0. The van der Waals surface area contributed by atoms with E-state index in [1.807, 2.05) is 0 Å². The van der Waals surface area contributed by atoms with Gasteiger partial charge in [0.25, 0.3) is 0 Å². The number of hydrogen-bond acceptors (Lipinski definition) is 5. The number of carbonyl (C=O) groups excluding carboxylic acids is 2. The third-order valence-corrected chi connectivity index (χ3v) is 6.29. The first-order valence-electron chi connectivity index (χ1n) is 7.48. The Morgan fingerprint density at radius 1 is 1.50 bits per heavy atom. The van der Waals surface area contributed by atoms with Crippen molar-refractivity contribution in [3.05, 3.63) is 23.5 Å². The van der Waals surface area contributed by atoms with Gasteiger partial charge in [-0.15, -0.1) is 6.42 Å². The highest BCUT2D eigenvalue weighted by molar-refractivity contribution is 7.92. The average Bonchev–Trinajstić information content (AvgIpc) is 3.03. The van der Waals surface area contributed by atoms with Gasteiger partial charge in [0.15, 0.2) is 14.6 Å². The van der Waals surface area contributed by atoms with E-state index in [1.54, 1.807) is 19.2 Å². The molecule has 1 amide bonds. The molecule has 2 heterocycles. The fourth-order valence-electron chi connectivity index (χ4n) is 2.55. The van der Waals surface area contributed by atoms with E-state index in [4.69, 9.17) is 11.2 Å². The van der Waals surface area contributed by atoms with Crippen LogP contribution in [0.3, 0.4) is 0 Å². The summed E-state index contributed by atoms with van der Waals surface area (Å²) in [5, 5.41) is 0. The van der Waals surface area contributed by atoms with E-state index in [9.17, 15) is 18.0 Å². The molecule has 0 spiro atoms. The monoisotopic (exact) mass is 352 g/mol. The summed E-state index contributed by atoms with van der Waals surface area (Å²) in [5.74, 6) is 1.67. The summed E-state index contributed by atoms with van der Waals surface area (Å²) < 4.78 is 28.8. The molecule has 0 bridgehead atoms. The first-order valence-corrected chi connectivity index (χ1v) is 9.37. The SMILES string of the molecule is C#Cc1cc2n(c1)C(=O)N(CCC(C)(C(=O)OCC)S(C)(=O)=O)C2. The molecule has 0 radical (unpaired) electrons. The number of rotatable bonds is 6. The van der Waals surface area contributed by atoms with Crippen LogP contribution < -0.4 is 0 Å². The molecule has 0 saturated heterocycles. The van der Waals surface area contributed by atoms with Crippen LogP contribution >= 0.6 is 0 Å². The van der Waals surface area contributed by atoms with Crippen molar-refractivity contribution in [3.63, 3.8) is 0 Å². The number of ether oxygens (including phenoxy) is 1. The van der Waals surface area contributed by atoms with Crippen molar-refractivity contribution < 1.29 is 22.7 Å². The van der Waals surface area contributed by atoms with Crippen molar-refractivity contribution in [1.29, 1.82) is 0 Å². The summed E-state index contributed by atoms with van der Waals surface area (Å²) in [7, 11) is -3.71. The number of carbonyl (C=O) groups is 2. The maximum absolute atomic E-state index is 12.3. The molecule has 0 saturated carbocycles. The average molecular weight is 352 g/mol. The normalized spacial score (nSPS) is 16.4. The topological polar surface area (TPSA) is 85.7 Å². The minimum absolute atomic E-state index is 0.0385. The minimum Gasteiger partial charge on any atom is -0.465 e. The Morgan fingerprint density at radius 3 is 2.67 bits per heavy atom. The van der Waals surface area contributed by atoms with E-state index in [-0.39, 0.29) is 25.6 Å². The lowest BCUT2D eigenvalue weighted by atomic mass is 10.1.